The van der Waals surface area contributed by atoms with Crippen molar-refractivity contribution in [1.82, 2.24) is 14.8 Å². The number of hydrogen-bond donors (Lipinski definition) is 0. The van der Waals surface area contributed by atoms with E-state index in [2.05, 4.69) is 27.9 Å². The van der Waals surface area contributed by atoms with Gasteiger partial charge >= 0.3 is 0 Å². The van der Waals surface area contributed by atoms with Crippen LogP contribution in [0.5, 0.6) is 0 Å². The summed E-state index contributed by atoms with van der Waals surface area (Å²) < 4.78 is 11.1. The van der Waals surface area contributed by atoms with Gasteiger partial charge in [0, 0.05) is 38.9 Å². The molecular weight excluding hydrogens is 242 g/mol. The van der Waals surface area contributed by atoms with Crippen LogP contribution in [0.4, 0.5) is 0 Å². The smallest absolute Gasteiger partial charge is 0.201 e. The molecule has 0 unspecified atom stereocenters. The third kappa shape index (κ3) is 3.12. The Hall–Kier alpha value is -1.01. The molecule has 19 heavy (non-hydrogen) atoms. The second-order valence-electron chi connectivity index (χ2n) is 5.20. The Kier molecular flexibility index (Phi) is 4.08. The molecule has 0 aromatic carbocycles. The van der Waals surface area contributed by atoms with E-state index in [9.17, 15) is 0 Å². The quantitative estimate of drug-likeness (QED) is 0.809. The van der Waals surface area contributed by atoms with E-state index in [1.807, 2.05) is 12.3 Å². The highest BCUT2D eigenvalue weighted by molar-refractivity contribution is 5.21. The minimum Gasteiger partial charge on any atom is -0.345 e. The van der Waals surface area contributed by atoms with Gasteiger partial charge in [-0.1, -0.05) is 6.07 Å². The zero-order chi connectivity index (χ0) is 13.1. The van der Waals surface area contributed by atoms with Crippen molar-refractivity contribution in [3.63, 3.8) is 0 Å². The summed E-state index contributed by atoms with van der Waals surface area (Å²) >= 11 is 0. The van der Waals surface area contributed by atoms with Crippen LogP contribution in [0.15, 0.2) is 18.3 Å². The molecule has 2 fully saturated rings. The number of piperazine rings is 1. The van der Waals surface area contributed by atoms with Gasteiger partial charge in [-0.05, 0) is 18.7 Å². The first-order chi connectivity index (χ1) is 9.33. The zero-order valence-electron chi connectivity index (χ0n) is 11.4. The highest BCUT2D eigenvalue weighted by Crippen LogP contribution is 2.25. The summed E-state index contributed by atoms with van der Waals surface area (Å²) in [6, 6.07) is 4.12. The molecule has 0 atom stereocenters. The molecule has 2 saturated heterocycles. The van der Waals surface area contributed by atoms with Crippen molar-refractivity contribution in [2.45, 2.75) is 12.8 Å². The molecule has 2 aliphatic rings. The monoisotopic (exact) mass is 263 g/mol. The first-order valence-electron chi connectivity index (χ1n) is 6.91. The van der Waals surface area contributed by atoms with E-state index in [1.165, 1.54) is 5.56 Å². The molecule has 5 nitrogen and oxygen atoms in total. The number of rotatable bonds is 3. The summed E-state index contributed by atoms with van der Waals surface area (Å²) in [6.07, 6.45) is 1.54. The Bertz CT molecular complexity index is 413. The van der Waals surface area contributed by atoms with Gasteiger partial charge in [0.2, 0.25) is 6.29 Å². The Labute approximate surface area is 114 Å². The van der Waals surface area contributed by atoms with Gasteiger partial charge in [0.25, 0.3) is 0 Å². The number of pyridine rings is 1. The first kappa shape index (κ1) is 13.0. The van der Waals surface area contributed by atoms with E-state index in [-0.39, 0.29) is 6.29 Å². The SMILES string of the molecule is CN1CCN(Cc2cccnc2C2OCCO2)CC1. The van der Waals surface area contributed by atoms with Crippen molar-refractivity contribution < 1.29 is 9.47 Å². The van der Waals surface area contributed by atoms with Crippen molar-refractivity contribution in [2.75, 3.05) is 46.4 Å². The highest BCUT2D eigenvalue weighted by Gasteiger charge is 2.24. The molecule has 0 amide bonds. The standard InChI is InChI=1S/C14H21N3O2/c1-16-5-7-17(8-6-16)11-12-3-2-4-15-13(12)14-18-9-10-19-14/h2-4,14H,5-11H2,1H3. The minimum absolute atomic E-state index is 0.274. The minimum atomic E-state index is -0.274. The Balaban J connectivity index is 1.69. The van der Waals surface area contributed by atoms with Crippen LogP contribution in [0.1, 0.15) is 17.5 Å². The Morgan fingerprint density at radius 1 is 1.21 bits per heavy atom. The molecule has 2 aliphatic heterocycles. The second kappa shape index (κ2) is 5.96. The summed E-state index contributed by atoms with van der Waals surface area (Å²) in [5.41, 5.74) is 2.16. The molecule has 0 spiro atoms. The van der Waals surface area contributed by atoms with Gasteiger partial charge in [-0.2, -0.15) is 0 Å². The first-order valence-corrected chi connectivity index (χ1v) is 6.91. The van der Waals surface area contributed by atoms with Crippen LogP contribution in [0.3, 0.4) is 0 Å². The van der Waals surface area contributed by atoms with Crippen molar-refractivity contribution in [3.8, 4) is 0 Å². The van der Waals surface area contributed by atoms with Gasteiger partial charge in [0.05, 0.1) is 13.2 Å². The second-order valence-corrected chi connectivity index (χ2v) is 5.20. The number of nitrogens with zero attached hydrogens (tertiary/aromatic N) is 3. The number of aromatic nitrogens is 1. The van der Waals surface area contributed by atoms with Crippen LogP contribution in [0.25, 0.3) is 0 Å². The predicted molar refractivity (Wildman–Crippen MR) is 71.7 cm³/mol. The lowest BCUT2D eigenvalue weighted by molar-refractivity contribution is -0.0484. The molecule has 0 radical (unpaired) electrons. The maximum atomic E-state index is 5.57. The molecule has 0 aliphatic carbocycles. The molecule has 5 heteroatoms. The van der Waals surface area contributed by atoms with Crippen molar-refractivity contribution in [3.05, 3.63) is 29.6 Å². The lowest BCUT2D eigenvalue weighted by atomic mass is 10.1. The van der Waals surface area contributed by atoms with Gasteiger partial charge in [0.1, 0.15) is 5.69 Å². The summed E-state index contributed by atoms with van der Waals surface area (Å²) in [4.78, 5) is 9.29. The highest BCUT2D eigenvalue weighted by atomic mass is 16.7. The topological polar surface area (TPSA) is 37.8 Å². The van der Waals surface area contributed by atoms with Crippen LogP contribution in [-0.2, 0) is 16.0 Å². The van der Waals surface area contributed by atoms with Gasteiger partial charge in [-0.15, -0.1) is 0 Å². The number of hydrogen-bond acceptors (Lipinski definition) is 5. The van der Waals surface area contributed by atoms with Gasteiger partial charge in [-0.3, -0.25) is 9.88 Å². The zero-order valence-corrected chi connectivity index (χ0v) is 11.4. The third-order valence-electron chi connectivity index (χ3n) is 3.76. The lowest BCUT2D eigenvalue weighted by Gasteiger charge is -2.32. The fourth-order valence-electron chi connectivity index (χ4n) is 2.56. The van der Waals surface area contributed by atoms with Gasteiger partial charge in [0.15, 0.2) is 0 Å². The summed E-state index contributed by atoms with van der Waals surface area (Å²) in [6.45, 7) is 6.73. The van der Waals surface area contributed by atoms with E-state index in [0.29, 0.717) is 13.2 Å². The molecule has 0 N–H and O–H groups in total. The Morgan fingerprint density at radius 2 is 1.95 bits per heavy atom. The maximum Gasteiger partial charge on any atom is 0.201 e. The van der Waals surface area contributed by atoms with Gasteiger partial charge < -0.3 is 14.4 Å². The van der Waals surface area contributed by atoms with E-state index < -0.39 is 0 Å². The average Bonchev–Trinajstić information content (AvgIpc) is 2.96. The molecule has 0 saturated carbocycles. The third-order valence-corrected chi connectivity index (χ3v) is 3.76. The predicted octanol–water partition coefficient (Wildman–Crippen LogP) is 0.874. The van der Waals surface area contributed by atoms with E-state index >= 15 is 0 Å². The molecule has 1 aromatic rings. The largest absolute Gasteiger partial charge is 0.345 e. The van der Waals surface area contributed by atoms with Crippen molar-refractivity contribution in [2.24, 2.45) is 0 Å². The van der Waals surface area contributed by atoms with Crippen LogP contribution >= 0.6 is 0 Å². The van der Waals surface area contributed by atoms with Crippen LogP contribution in [0.2, 0.25) is 0 Å². The van der Waals surface area contributed by atoms with Gasteiger partial charge in [-0.25, -0.2) is 0 Å². The van der Waals surface area contributed by atoms with E-state index in [1.54, 1.807) is 0 Å². The summed E-state index contributed by atoms with van der Waals surface area (Å²) in [5.74, 6) is 0. The van der Waals surface area contributed by atoms with Crippen molar-refractivity contribution >= 4 is 0 Å². The number of likely N-dealkylation sites (N-methyl/N-ethyl adjacent to an activating group) is 1. The van der Waals surface area contributed by atoms with Crippen LogP contribution in [0, 0.1) is 0 Å². The molecule has 1 aromatic heterocycles. The summed E-state index contributed by atoms with van der Waals surface area (Å²) in [5, 5.41) is 0. The lowest BCUT2D eigenvalue weighted by Crippen LogP contribution is -2.44. The fraction of sp³-hybridized carbons (Fsp3) is 0.643. The maximum absolute atomic E-state index is 5.57. The van der Waals surface area contributed by atoms with Crippen LogP contribution < -0.4 is 0 Å². The molecule has 0 bridgehead atoms. The van der Waals surface area contributed by atoms with E-state index in [4.69, 9.17) is 9.47 Å². The van der Waals surface area contributed by atoms with Crippen LogP contribution in [-0.4, -0.2) is 61.2 Å². The van der Waals surface area contributed by atoms with Crippen molar-refractivity contribution in [1.29, 1.82) is 0 Å². The molecule has 104 valence electrons. The summed E-state index contributed by atoms with van der Waals surface area (Å²) in [7, 11) is 2.17. The number of ether oxygens (including phenoxy) is 2. The Morgan fingerprint density at radius 3 is 2.68 bits per heavy atom. The van der Waals surface area contributed by atoms with E-state index in [0.717, 1.165) is 38.4 Å². The molecular formula is C14H21N3O2. The normalized spacial score (nSPS) is 23.0. The molecule has 3 rings (SSSR count). The fourth-order valence-corrected chi connectivity index (χ4v) is 2.56. The average molecular weight is 263 g/mol. The molecule has 3 heterocycles.